The van der Waals surface area contributed by atoms with Gasteiger partial charge in [0.15, 0.2) is 0 Å². The number of nitrogens with one attached hydrogen (secondary N) is 3. The van der Waals surface area contributed by atoms with E-state index >= 15 is 0 Å². The summed E-state index contributed by atoms with van der Waals surface area (Å²) in [6, 6.07) is 6.51. The van der Waals surface area contributed by atoms with E-state index in [-0.39, 0.29) is 11.9 Å². The van der Waals surface area contributed by atoms with Crippen LogP contribution >= 0.6 is 0 Å². The summed E-state index contributed by atoms with van der Waals surface area (Å²) in [4.78, 5) is 24.1. The van der Waals surface area contributed by atoms with Crippen LogP contribution in [0.5, 0.6) is 5.75 Å². The first kappa shape index (κ1) is 15.6. The normalized spacial score (nSPS) is 21.0. The summed E-state index contributed by atoms with van der Waals surface area (Å²) in [5.41, 5.74) is 0.625. The second kappa shape index (κ2) is 7.35. The van der Waals surface area contributed by atoms with Crippen molar-refractivity contribution in [3.63, 3.8) is 0 Å². The van der Waals surface area contributed by atoms with Crippen molar-refractivity contribution in [3.05, 3.63) is 24.3 Å². The number of hydrogen-bond donors (Lipinski definition) is 3. The molecule has 1 atom stereocenters. The van der Waals surface area contributed by atoms with Gasteiger partial charge < -0.3 is 20.7 Å². The molecule has 0 unspecified atom stereocenters. The van der Waals surface area contributed by atoms with Crippen molar-refractivity contribution in [2.24, 2.45) is 5.92 Å². The number of hydrogen-bond acceptors (Lipinski definition) is 3. The molecule has 2 aliphatic rings. The number of benzene rings is 1. The smallest absolute Gasteiger partial charge is 0.319 e. The lowest BCUT2D eigenvalue weighted by molar-refractivity contribution is -0.122. The number of amides is 3. The first-order valence-corrected chi connectivity index (χ1v) is 8.29. The predicted octanol–water partition coefficient (Wildman–Crippen LogP) is 2.27. The third kappa shape index (κ3) is 4.61. The molecule has 6 heteroatoms. The van der Waals surface area contributed by atoms with Crippen LogP contribution < -0.4 is 20.7 Å². The summed E-state index contributed by atoms with van der Waals surface area (Å²) >= 11 is 0. The molecular weight excluding hydrogens is 294 g/mol. The molecule has 0 spiro atoms. The number of ether oxygens (including phenoxy) is 1. The minimum atomic E-state index is -0.475. The summed E-state index contributed by atoms with van der Waals surface area (Å²) in [6.45, 7) is 1.36. The van der Waals surface area contributed by atoms with Gasteiger partial charge >= 0.3 is 6.03 Å². The van der Waals surface area contributed by atoms with E-state index in [1.54, 1.807) is 6.07 Å². The molecule has 3 rings (SSSR count). The van der Waals surface area contributed by atoms with Gasteiger partial charge in [0.25, 0.3) is 0 Å². The second-order valence-electron chi connectivity index (χ2n) is 6.19. The fraction of sp³-hybridized carbons (Fsp3) is 0.529. The first-order chi connectivity index (χ1) is 11.2. The van der Waals surface area contributed by atoms with Crippen LogP contribution in [0.1, 0.15) is 32.1 Å². The Bertz CT molecular complexity index is 572. The van der Waals surface area contributed by atoms with Gasteiger partial charge in [-0.3, -0.25) is 4.79 Å². The summed E-state index contributed by atoms with van der Waals surface area (Å²) < 4.78 is 5.77. The molecule has 1 aromatic rings. The number of urea groups is 1. The second-order valence-corrected chi connectivity index (χ2v) is 6.19. The SMILES string of the molecule is O=C(Nc1ccccc1OCC1CC1)N[C@H]1CCCCNC1=O. The minimum Gasteiger partial charge on any atom is -0.491 e. The molecule has 3 N–H and O–H groups in total. The Labute approximate surface area is 136 Å². The van der Waals surface area contributed by atoms with Gasteiger partial charge in [-0.25, -0.2) is 4.79 Å². The molecule has 0 bridgehead atoms. The fourth-order valence-corrected chi connectivity index (χ4v) is 2.58. The molecule has 23 heavy (non-hydrogen) atoms. The summed E-state index contributed by atoms with van der Waals surface area (Å²) in [6.07, 6.45) is 4.97. The zero-order chi connectivity index (χ0) is 16.1. The number of rotatable bonds is 5. The highest BCUT2D eigenvalue weighted by Gasteiger charge is 2.24. The van der Waals surface area contributed by atoms with E-state index in [9.17, 15) is 9.59 Å². The maximum Gasteiger partial charge on any atom is 0.319 e. The molecule has 3 amide bonds. The van der Waals surface area contributed by atoms with Crippen LogP contribution in [0, 0.1) is 5.92 Å². The molecule has 1 aliphatic heterocycles. The number of anilines is 1. The maximum absolute atomic E-state index is 12.2. The lowest BCUT2D eigenvalue weighted by atomic mass is 10.1. The van der Waals surface area contributed by atoms with Crippen LogP contribution in [0.15, 0.2) is 24.3 Å². The van der Waals surface area contributed by atoms with Gasteiger partial charge in [0.1, 0.15) is 11.8 Å². The van der Waals surface area contributed by atoms with Crippen molar-refractivity contribution in [1.82, 2.24) is 10.6 Å². The van der Waals surface area contributed by atoms with Crippen molar-refractivity contribution in [2.75, 3.05) is 18.5 Å². The van der Waals surface area contributed by atoms with E-state index in [1.807, 2.05) is 18.2 Å². The first-order valence-electron chi connectivity index (χ1n) is 8.29. The highest BCUT2D eigenvalue weighted by Crippen LogP contribution is 2.31. The van der Waals surface area contributed by atoms with E-state index in [2.05, 4.69) is 16.0 Å². The summed E-state index contributed by atoms with van der Waals surface area (Å²) in [5.74, 6) is 1.20. The summed E-state index contributed by atoms with van der Waals surface area (Å²) in [5, 5.41) is 8.34. The van der Waals surface area contributed by atoms with Gasteiger partial charge in [0.2, 0.25) is 5.91 Å². The van der Waals surface area contributed by atoms with Crippen molar-refractivity contribution in [3.8, 4) is 5.75 Å². The topological polar surface area (TPSA) is 79.5 Å². The van der Waals surface area contributed by atoms with Crippen LogP contribution in [-0.2, 0) is 4.79 Å². The molecular formula is C17H23N3O3. The lowest BCUT2D eigenvalue weighted by Gasteiger charge is -2.17. The molecule has 1 heterocycles. The fourth-order valence-electron chi connectivity index (χ4n) is 2.58. The van der Waals surface area contributed by atoms with Crippen LogP contribution in [0.3, 0.4) is 0 Å². The van der Waals surface area contributed by atoms with Gasteiger partial charge in [-0.15, -0.1) is 0 Å². The van der Waals surface area contributed by atoms with Crippen LogP contribution in [0.25, 0.3) is 0 Å². The van der Waals surface area contributed by atoms with Gasteiger partial charge in [-0.2, -0.15) is 0 Å². The van der Waals surface area contributed by atoms with E-state index in [4.69, 9.17) is 4.74 Å². The van der Waals surface area contributed by atoms with Crippen molar-refractivity contribution in [2.45, 2.75) is 38.1 Å². The number of carbonyl (C=O) groups excluding carboxylic acids is 2. The molecule has 1 saturated heterocycles. The third-order valence-electron chi connectivity index (χ3n) is 4.15. The molecule has 124 valence electrons. The quantitative estimate of drug-likeness (QED) is 0.779. The third-order valence-corrected chi connectivity index (χ3v) is 4.15. The maximum atomic E-state index is 12.2. The van der Waals surface area contributed by atoms with Gasteiger partial charge in [-0.1, -0.05) is 12.1 Å². The molecule has 1 aliphatic carbocycles. The number of para-hydroxylation sites is 2. The molecule has 0 aromatic heterocycles. The van der Waals surface area contributed by atoms with Crippen LogP contribution in [0.2, 0.25) is 0 Å². The molecule has 0 radical (unpaired) electrons. The van der Waals surface area contributed by atoms with Gasteiger partial charge in [0.05, 0.1) is 12.3 Å². The minimum absolute atomic E-state index is 0.115. The zero-order valence-electron chi connectivity index (χ0n) is 13.1. The molecule has 1 aromatic carbocycles. The van der Waals surface area contributed by atoms with Crippen LogP contribution in [-0.4, -0.2) is 31.1 Å². The Kier molecular flexibility index (Phi) is 5.00. The van der Waals surface area contributed by atoms with E-state index in [1.165, 1.54) is 12.8 Å². The Morgan fingerprint density at radius 2 is 2.04 bits per heavy atom. The monoisotopic (exact) mass is 317 g/mol. The summed E-state index contributed by atoms with van der Waals surface area (Å²) in [7, 11) is 0. The zero-order valence-corrected chi connectivity index (χ0v) is 13.1. The van der Waals surface area contributed by atoms with Gasteiger partial charge in [-0.05, 0) is 50.2 Å². The Morgan fingerprint density at radius 3 is 2.87 bits per heavy atom. The van der Waals surface area contributed by atoms with Gasteiger partial charge in [0, 0.05) is 6.54 Å². The van der Waals surface area contributed by atoms with Crippen molar-refractivity contribution in [1.29, 1.82) is 0 Å². The van der Waals surface area contributed by atoms with E-state index in [0.29, 0.717) is 36.9 Å². The van der Waals surface area contributed by atoms with E-state index < -0.39 is 6.04 Å². The van der Waals surface area contributed by atoms with Crippen LogP contribution in [0.4, 0.5) is 10.5 Å². The molecule has 1 saturated carbocycles. The van der Waals surface area contributed by atoms with Crippen molar-refractivity contribution < 1.29 is 14.3 Å². The van der Waals surface area contributed by atoms with E-state index in [0.717, 1.165) is 12.8 Å². The highest BCUT2D eigenvalue weighted by molar-refractivity contribution is 5.94. The Balaban J connectivity index is 1.57. The predicted molar refractivity (Wildman–Crippen MR) is 87.5 cm³/mol. The highest BCUT2D eigenvalue weighted by atomic mass is 16.5. The Hall–Kier alpha value is -2.24. The largest absolute Gasteiger partial charge is 0.491 e. The number of carbonyl (C=O) groups is 2. The van der Waals surface area contributed by atoms with Crippen molar-refractivity contribution >= 4 is 17.6 Å². The standard InChI is InChI=1S/C17H23N3O3/c21-16-14(6-3-4-10-18-16)20-17(22)19-13-5-1-2-7-15(13)23-11-12-8-9-12/h1-2,5,7,12,14H,3-4,6,8-11H2,(H,18,21)(H2,19,20,22)/t14-/m0/s1. The lowest BCUT2D eigenvalue weighted by Crippen LogP contribution is -2.47. The Morgan fingerprint density at radius 1 is 1.22 bits per heavy atom. The molecule has 6 nitrogen and oxygen atoms in total. The average molecular weight is 317 g/mol. The average Bonchev–Trinajstić information content (AvgIpc) is 3.37. The molecule has 2 fully saturated rings.